The van der Waals surface area contributed by atoms with Crippen molar-refractivity contribution >= 4 is 17.6 Å². The van der Waals surface area contributed by atoms with Gasteiger partial charge in [-0.1, -0.05) is 26.0 Å². The number of anilines is 3. The Morgan fingerprint density at radius 1 is 1.31 bits per heavy atom. The molecule has 1 aromatic heterocycles. The number of rotatable bonds is 4. The monoisotopic (exact) mass is 356 g/mol. The van der Waals surface area contributed by atoms with Gasteiger partial charge >= 0.3 is 0 Å². The fraction of sp³-hybridized carbons (Fsp3) is 0.526. The minimum absolute atomic E-state index is 0.0527. The van der Waals surface area contributed by atoms with Gasteiger partial charge in [0.2, 0.25) is 11.9 Å². The van der Waals surface area contributed by atoms with Crippen LogP contribution in [0.25, 0.3) is 0 Å². The van der Waals surface area contributed by atoms with Gasteiger partial charge in [-0.2, -0.15) is 15.0 Å². The first-order valence-corrected chi connectivity index (χ1v) is 9.04. The van der Waals surface area contributed by atoms with Crippen molar-refractivity contribution in [3.8, 4) is 0 Å². The lowest BCUT2D eigenvalue weighted by Crippen LogP contribution is -2.33. The van der Waals surface area contributed by atoms with Crippen LogP contribution in [0.4, 0.5) is 17.6 Å². The van der Waals surface area contributed by atoms with Crippen molar-refractivity contribution < 1.29 is 5.11 Å². The Morgan fingerprint density at radius 3 is 2.88 bits per heavy atom. The van der Waals surface area contributed by atoms with Gasteiger partial charge < -0.3 is 16.2 Å². The van der Waals surface area contributed by atoms with Crippen LogP contribution >= 0.6 is 0 Å². The van der Waals surface area contributed by atoms with E-state index in [0.29, 0.717) is 18.3 Å². The van der Waals surface area contributed by atoms with E-state index in [9.17, 15) is 5.11 Å². The number of aliphatic hydroxyl groups excluding tert-OH is 1. The predicted molar refractivity (Wildman–Crippen MR) is 103 cm³/mol. The highest BCUT2D eigenvalue weighted by Crippen LogP contribution is 2.29. The van der Waals surface area contributed by atoms with Crippen molar-refractivity contribution in [3.05, 3.63) is 35.7 Å². The molecule has 0 aliphatic carbocycles. The van der Waals surface area contributed by atoms with E-state index in [2.05, 4.69) is 39.0 Å². The number of likely N-dealkylation sites (tertiary alicyclic amines) is 1. The third-order valence-corrected chi connectivity index (χ3v) is 4.56. The normalized spacial score (nSPS) is 20.5. The van der Waals surface area contributed by atoms with Crippen LogP contribution < -0.4 is 11.1 Å². The molecule has 7 nitrogen and oxygen atoms in total. The van der Waals surface area contributed by atoms with Crippen LogP contribution in [0.15, 0.2) is 24.3 Å². The summed E-state index contributed by atoms with van der Waals surface area (Å²) in [4.78, 5) is 15.3. The van der Waals surface area contributed by atoms with Crippen LogP contribution in [0.2, 0.25) is 0 Å². The van der Waals surface area contributed by atoms with Gasteiger partial charge in [0.05, 0.1) is 12.6 Å². The minimum atomic E-state index is -0.253. The van der Waals surface area contributed by atoms with Crippen molar-refractivity contribution in [3.63, 3.8) is 0 Å². The molecule has 0 unspecified atom stereocenters. The number of nitrogen functional groups attached to an aromatic ring is 1. The van der Waals surface area contributed by atoms with Crippen LogP contribution in [0, 0.1) is 12.3 Å². The lowest BCUT2D eigenvalue weighted by molar-refractivity contribution is 0.121. The third kappa shape index (κ3) is 5.12. The van der Waals surface area contributed by atoms with Crippen molar-refractivity contribution in [2.45, 2.75) is 46.3 Å². The molecule has 2 heterocycles. The Bertz CT molecular complexity index is 763. The summed E-state index contributed by atoms with van der Waals surface area (Å²) in [7, 11) is 0. The largest absolute Gasteiger partial charge is 0.393 e. The second kappa shape index (κ2) is 7.55. The number of nitrogens with one attached hydrogen (secondary N) is 1. The van der Waals surface area contributed by atoms with Crippen LogP contribution in [0.5, 0.6) is 0 Å². The molecule has 1 fully saturated rings. The van der Waals surface area contributed by atoms with Crippen LogP contribution in [0.3, 0.4) is 0 Å². The van der Waals surface area contributed by atoms with Gasteiger partial charge in [0.15, 0.2) is 0 Å². The number of aliphatic hydroxyl groups is 1. The molecule has 140 valence electrons. The van der Waals surface area contributed by atoms with E-state index in [-0.39, 0.29) is 17.5 Å². The van der Waals surface area contributed by atoms with Crippen molar-refractivity contribution in [1.82, 2.24) is 19.9 Å². The Hall–Kier alpha value is -2.25. The summed E-state index contributed by atoms with van der Waals surface area (Å²) in [6.45, 7) is 8.69. The topological polar surface area (TPSA) is 100 Å². The maximum atomic E-state index is 10.1. The third-order valence-electron chi connectivity index (χ3n) is 4.56. The van der Waals surface area contributed by atoms with E-state index in [4.69, 9.17) is 5.73 Å². The first-order chi connectivity index (χ1) is 12.3. The molecule has 1 aromatic carbocycles. The van der Waals surface area contributed by atoms with Gasteiger partial charge in [-0.25, -0.2) is 0 Å². The summed E-state index contributed by atoms with van der Waals surface area (Å²) in [5, 5.41) is 13.3. The summed E-state index contributed by atoms with van der Waals surface area (Å²) < 4.78 is 0. The zero-order valence-electron chi connectivity index (χ0n) is 15.7. The van der Waals surface area contributed by atoms with E-state index >= 15 is 0 Å². The Labute approximate surface area is 154 Å². The van der Waals surface area contributed by atoms with Gasteiger partial charge in [-0.15, -0.1) is 0 Å². The maximum absolute atomic E-state index is 10.1. The molecule has 1 aliphatic rings. The number of benzene rings is 1. The molecule has 1 aliphatic heterocycles. The smallest absolute Gasteiger partial charge is 0.232 e. The SMILES string of the molecule is Cc1cccc(Nc2nc(N)nc(CN3CC[C@H](O)CC(C)(C)C3)n2)c1. The molecule has 3 rings (SSSR count). The average Bonchev–Trinajstić information content (AvgIpc) is 2.63. The van der Waals surface area contributed by atoms with E-state index in [0.717, 1.165) is 37.2 Å². The summed E-state index contributed by atoms with van der Waals surface area (Å²) >= 11 is 0. The summed E-state index contributed by atoms with van der Waals surface area (Å²) in [6, 6.07) is 8.01. The molecule has 0 amide bonds. The van der Waals surface area contributed by atoms with Gasteiger partial charge in [0, 0.05) is 18.8 Å². The highest BCUT2D eigenvalue weighted by Gasteiger charge is 2.29. The molecular weight excluding hydrogens is 328 g/mol. The van der Waals surface area contributed by atoms with Crippen LogP contribution in [0.1, 0.15) is 38.1 Å². The van der Waals surface area contributed by atoms with Crippen molar-refractivity contribution in [2.75, 3.05) is 24.1 Å². The van der Waals surface area contributed by atoms with Crippen molar-refractivity contribution in [2.24, 2.45) is 5.41 Å². The van der Waals surface area contributed by atoms with Crippen molar-refractivity contribution in [1.29, 1.82) is 0 Å². The fourth-order valence-corrected chi connectivity index (χ4v) is 3.57. The lowest BCUT2D eigenvalue weighted by atomic mass is 9.87. The summed E-state index contributed by atoms with van der Waals surface area (Å²) in [5.74, 6) is 1.30. The predicted octanol–water partition coefficient (Wildman–Crippen LogP) is 2.49. The summed E-state index contributed by atoms with van der Waals surface area (Å²) in [6.07, 6.45) is 1.32. The molecule has 1 saturated heterocycles. The number of hydrogen-bond donors (Lipinski definition) is 3. The number of nitrogens with two attached hydrogens (primary N) is 1. The van der Waals surface area contributed by atoms with E-state index in [1.54, 1.807) is 0 Å². The zero-order chi connectivity index (χ0) is 18.7. The maximum Gasteiger partial charge on any atom is 0.232 e. The minimum Gasteiger partial charge on any atom is -0.393 e. The molecule has 0 radical (unpaired) electrons. The highest BCUT2D eigenvalue weighted by atomic mass is 16.3. The lowest BCUT2D eigenvalue weighted by Gasteiger charge is -2.29. The van der Waals surface area contributed by atoms with Gasteiger partial charge in [-0.3, -0.25) is 4.90 Å². The average molecular weight is 356 g/mol. The van der Waals surface area contributed by atoms with Crippen LogP contribution in [-0.2, 0) is 6.54 Å². The first kappa shape index (κ1) is 18.5. The highest BCUT2D eigenvalue weighted by molar-refractivity contribution is 5.54. The zero-order valence-corrected chi connectivity index (χ0v) is 15.7. The fourth-order valence-electron chi connectivity index (χ4n) is 3.57. The molecule has 26 heavy (non-hydrogen) atoms. The quantitative estimate of drug-likeness (QED) is 0.774. The number of nitrogens with zero attached hydrogens (tertiary/aromatic N) is 4. The van der Waals surface area contributed by atoms with E-state index < -0.39 is 0 Å². The van der Waals surface area contributed by atoms with Crippen LogP contribution in [-0.4, -0.2) is 44.2 Å². The second-order valence-corrected chi connectivity index (χ2v) is 7.95. The molecular formula is C19H28N6O. The Kier molecular flexibility index (Phi) is 5.38. The Balaban J connectivity index is 1.75. The molecule has 2 aromatic rings. The second-order valence-electron chi connectivity index (χ2n) is 7.95. The van der Waals surface area contributed by atoms with Gasteiger partial charge in [0.25, 0.3) is 0 Å². The molecule has 4 N–H and O–H groups in total. The van der Waals surface area contributed by atoms with E-state index in [1.807, 2.05) is 31.2 Å². The van der Waals surface area contributed by atoms with Gasteiger partial charge in [0.1, 0.15) is 5.82 Å². The summed E-state index contributed by atoms with van der Waals surface area (Å²) in [5.41, 5.74) is 8.02. The molecule has 7 heteroatoms. The Morgan fingerprint density at radius 2 is 2.12 bits per heavy atom. The standard InChI is InChI=1S/C19H28N6O/c1-13-5-4-6-14(9-13)21-18-23-16(22-17(20)24-18)11-25-8-7-15(26)10-19(2,3)12-25/h4-6,9,15,26H,7-8,10-12H2,1-3H3,(H3,20,21,22,23,24)/t15-/m0/s1. The molecule has 0 spiro atoms. The molecule has 1 atom stereocenters. The molecule has 0 bridgehead atoms. The number of aromatic nitrogens is 3. The number of aryl methyl sites for hydroxylation is 1. The number of hydrogen-bond acceptors (Lipinski definition) is 7. The van der Waals surface area contributed by atoms with E-state index in [1.165, 1.54) is 0 Å². The van der Waals surface area contributed by atoms with Gasteiger partial charge in [-0.05, 0) is 42.9 Å². The first-order valence-electron chi connectivity index (χ1n) is 9.04. The molecule has 0 saturated carbocycles.